The van der Waals surface area contributed by atoms with Crippen molar-refractivity contribution in [3.05, 3.63) is 48.0 Å². The molecule has 3 N–H and O–H groups in total. The van der Waals surface area contributed by atoms with Gasteiger partial charge in [0.1, 0.15) is 5.82 Å². The van der Waals surface area contributed by atoms with Gasteiger partial charge in [-0.15, -0.1) is 0 Å². The number of aromatic nitrogens is 4. The van der Waals surface area contributed by atoms with Gasteiger partial charge < -0.3 is 10.3 Å². The number of amides is 1. The topological polar surface area (TPSA) is 86.5 Å². The van der Waals surface area contributed by atoms with Crippen molar-refractivity contribution in [2.45, 2.75) is 45.4 Å². The highest BCUT2D eigenvalue weighted by molar-refractivity contribution is 5.75. The highest BCUT2D eigenvalue weighted by atomic mass is 16.1. The van der Waals surface area contributed by atoms with E-state index in [9.17, 15) is 4.79 Å². The van der Waals surface area contributed by atoms with E-state index in [1.54, 1.807) is 7.05 Å². The van der Waals surface area contributed by atoms with Crippen molar-refractivity contribution in [3.8, 4) is 22.5 Å². The summed E-state index contributed by atoms with van der Waals surface area (Å²) in [5, 5.41) is 9.92. The summed E-state index contributed by atoms with van der Waals surface area (Å²) < 4.78 is 0. The molecule has 6 nitrogen and oxygen atoms in total. The number of imidazole rings is 1. The predicted octanol–water partition coefficient (Wildman–Crippen LogP) is 4.01. The van der Waals surface area contributed by atoms with Gasteiger partial charge in [0.15, 0.2) is 0 Å². The Labute approximate surface area is 159 Å². The first-order valence-corrected chi connectivity index (χ1v) is 9.53. The molecule has 0 bridgehead atoms. The minimum absolute atomic E-state index is 0.124. The number of hydrogen-bond donors (Lipinski definition) is 3. The van der Waals surface area contributed by atoms with E-state index in [-0.39, 0.29) is 5.91 Å². The van der Waals surface area contributed by atoms with Crippen molar-refractivity contribution in [2.24, 2.45) is 0 Å². The fourth-order valence-corrected chi connectivity index (χ4v) is 3.08. The Kier molecular flexibility index (Phi) is 6.41. The second kappa shape index (κ2) is 9.16. The molecule has 0 saturated carbocycles. The highest BCUT2D eigenvalue weighted by Gasteiger charge is 2.06. The third kappa shape index (κ3) is 5.29. The summed E-state index contributed by atoms with van der Waals surface area (Å²) in [5.41, 5.74) is 5.27. The fraction of sp³-hybridized carbons (Fsp3) is 0.381. The third-order valence-electron chi connectivity index (χ3n) is 4.67. The van der Waals surface area contributed by atoms with Gasteiger partial charge >= 0.3 is 0 Å². The largest absolute Gasteiger partial charge is 0.359 e. The first-order valence-electron chi connectivity index (χ1n) is 9.53. The standard InChI is InChI=1S/C21H27N5O/c1-15-13-18(26-25-15)16-9-11-17(12-10-16)19-14-23-20(24-19)7-5-3-4-6-8-21(27)22-2/h9-14H,3-8H2,1-2H3,(H,22,27)(H,23,24)(H,25,26). The Morgan fingerprint density at radius 2 is 1.81 bits per heavy atom. The molecule has 0 atom stereocenters. The van der Waals surface area contributed by atoms with Crippen molar-refractivity contribution in [3.63, 3.8) is 0 Å². The van der Waals surface area contributed by atoms with Gasteiger partial charge in [-0.3, -0.25) is 9.89 Å². The van der Waals surface area contributed by atoms with Crippen LogP contribution in [-0.2, 0) is 11.2 Å². The molecule has 0 aliphatic heterocycles. The molecule has 2 heterocycles. The lowest BCUT2D eigenvalue weighted by Crippen LogP contribution is -2.16. The maximum absolute atomic E-state index is 11.2. The summed E-state index contributed by atoms with van der Waals surface area (Å²) in [6.45, 7) is 2.00. The smallest absolute Gasteiger partial charge is 0.219 e. The van der Waals surface area contributed by atoms with E-state index in [1.165, 1.54) is 0 Å². The van der Waals surface area contributed by atoms with Crippen molar-refractivity contribution >= 4 is 5.91 Å². The van der Waals surface area contributed by atoms with Gasteiger partial charge in [-0.05, 0) is 31.4 Å². The molecule has 3 aromatic rings. The minimum Gasteiger partial charge on any atom is -0.359 e. The number of nitrogens with one attached hydrogen (secondary N) is 3. The molecule has 3 rings (SSSR count). The number of hydrogen-bond acceptors (Lipinski definition) is 3. The van der Waals surface area contributed by atoms with Gasteiger partial charge in [-0.1, -0.05) is 37.1 Å². The molecule has 0 saturated heterocycles. The average Bonchev–Trinajstić information content (AvgIpc) is 3.33. The van der Waals surface area contributed by atoms with Gasteiger partial charge in [0.2, 0.25) is 5.91 Å². The van der Waals surface area contributed by atoms with E-state index in [4.69, 9.17) is 0 Å². The molecule has 27 heavy (non-hydrogen) atoms. The summed E-state index contributed by atoms with van der Waals surface area (Å²) in [5.74, 6) is 1.14. The monoisotopic (exact) mass is 365 g/mol. The van der Waals surface area contributed by atoms with E-state index in [0.29, 0.717) is 6.42 Å². The summed E-state index contributed by atoms with van der Waals surface area (Å²) in [6, 6.07) is 10.4. The number of benzene rings is 1. The molecule has 0 unspecified atom stereocenters. The van der Waals surface area contributed by atoms with Crippen LogP contribution >= 0.6 is 0 Å². The number of H-pyrrole nitrogens is 2. The lowest BCUT2D eigenvalue weighted by atomic mass is 10.1. The number of carbonyl (C=O) groups excluding carboxylic acids is 1. The quantitative estimate of drug-likeness (QED) is 0.501. The van der Waals surface area contributed by atoms with Crippen LogP contribution in [0.2, 0.25) is 0 Å². The first kappa shape index (κ1) is 18.9. The normalized spacial score (nSPS) is 10.9. The molecule has 1 amide bonds. The number of aromatic amines is 2. The maximum Gasteiger partial charge on any atom is 0.219 e. The van der Waals surface area contributed by atoms with Gasteiger partial charge in [0, 0.05) is 31.1 Å². The molecule has 6 heteroatoms. The molecule has 142 valence electrons. The van der Waals surface area contributed by atoms with Crippen LogP contribution in [0.1, 0.15) is 43.6 Å². The Balaban J connectivity index is 1.48. The second-order valence-electron chi connectivity index (χ2n) is 6.84. The minimum atomic E-state index is 0.124. The predicted molar refractivity (Wildman–Crippen MR) is 107 cm³/mol. The van der Waals surface area contributed by atoms with Gasteiger partial charge in [0.25, 0.3) is 0 Å². The van der Waals surface area contributed by atoms with Crippen LogP contribution in [0.4, 0.5) is 0 Å². The zero-order valence-corrected chi connectivity index (χ0v) is 16.0. The fourth-order valence-electron chi connectivity index (χ4n) is 3.08. The average molecular weight is 365 g/mol. The van der Waals surface area contributed by atoms with Crippen LogP contribution in [0.15, 0.2) is 36.5 Å². The van der Waals surface area contributed by atoms with E-state index in [1.807, 2.05) is 19.2 Å². The highest BCUT2D eigenvalue weighted by Crippen LogP contribution is 2.23. The van der Waals surface area contributed by atoms with Crippen LogP contribution in [0.3, 0.4) is 0 Å². The molecule has 0 radical (unpaired) electrons. The van der Waals surface area contributed by atoms with E-state index in [2.05, 4.69) is 49.7 Å². The number of rotatable bonds is 9. The van der Waals surface area contributed by atoms with Crippen LogP contribution in [0, 0.1) is 6.92 Å². The lowest BCUT2D eigenvalue weighted by Gasteiger charge is -2.01. The van der Waals surface area contributed by atoms with Crippen molar-refractivity contribution < 1.29 is 4.79 Å². The molecular formula is C21H27N5O. The second-order valence-corrected chi connectivity index (χ2v) is 6.84. The molecule has 0 spiro atoms. The van der Waals surface area contributed by atoms with Gasteiger partial charge in [0.05, 0.1) is 17.6 Å². The van der Waals surface area contributed by atoms with Crippen LogP contribution < -0.4 is 5.32 Å². The van der Waals surface area contributed by atoms with Gasteiger partial charge in [-0.2, -0.15) is 5.10 Å². The zero-order valence-electron chi connectivity index (χ0n) is 16.0. The van der Waals surface area contributed by atoms with Crippen molar-refractivity contribution in [1.29, 1.82) is 0 Å². The number of aryl methyl sites for hydroxylation is 2. The Bertz CT molecular complexity index is 863. The molecular weight excluding hydrogens is 338 g/mol. The number of unbranched alkanes of at least 4 members (excludes halogenated alkanes) is 3. The lowest BCUT2D eigenvalue weighted by molar-refractivity contribution is -0.120. The Morgan fingerprint density at radius 1 is 1.07 bits per heavy atom. The number of nitrogens with zero attached hydrogens (tertiary/aromatic N) is 2. The Morgan fingerprint density at radius 3 is 2.52 bits per heavy atom. The SMILES string of the molecule is CNC(=O)CCCCCCc1ncc(-c2ccc(-c3cc(C)[nH]n3)cc2)[nH]1. The molecule has 0 aliphatic carbocycles. The number of carbonyl (C=O) groups is 1. The Hall–Kier alpha value is -2.89. The van der Waals surface area contributed by atoms with Crippen LogP contribution in [0.5, 0.6) is 0 Å². The zero-order chi connectivity index (χ0) is 19.1. The van der Waals surface area contributed by atoms with Gasteiger partial charge in [-0.25, -0.2) is 4.98 Å². The van der Waals surface area contributed by atoms with Crippen molar-refractivity contribution in [1.82, 2.24) is 25.5 Å². The molecule has 0 aliphatic rings. The summed E-state index contributed by atoms with van der Waals surface area (Å²) in [4.78, 5) is 19.1. The summed E-state index contributed by atoms with van der Waals surface area (Å²) in [6.07, 6.45) is 7.68. The maximum atomic E-state index is 11.2. The third-order valence-corrected chi connectivity index (χ3v) is 4.67. The summed E-state index contributed by atoms with van der Waals surface area (Å²) >= 11 is 0. The first-order chi connectivity index (χ1) is 13.2. The van der Waals surface area contributed by atoms with E-state index < -0.39 is 0 Å². The molecule has 1 aromatic carbocycles. The van der Waals surface area contributed by atoms with E-state index in [0.717, 1.165) is 66.1 Å². The van der Waals surface area contributed by atoms with E-state index >= 15 is 0 Å². The summed E-state index contributed by atoms with van der Waals surface area (Å²) in [7, 11) is 1.68. The van der Waals surface area contributed by atoms with Crippen LogP contribution in [0.25, 0.3) is 22.5 Å². The van der Waals surface area contributed by atoms with Crippen molar-refractivity contribution in [2.75, 3.05) is 7.05 Å². The molecule has 0 fully saturated rings. The molecule has 2 aromatic heterocycles. The van der Waals surface area contributed by atoms with Crippen LogP contribution in [-0.4, -0.2) is 33.1 Å².